The molecule has 0 atom stereocenters. The fourth-order valence-corrected chi connectivity index (χ4v) is 2.69. The third-order valence-corrected chi connectivity index (χ3v) is 4.33. The first-order valence-corrected chi connectivity index (χ1v) is 9.24. The van der Waals surface area contributed by atoms with E-state index in [1.165, 1.54) is 17.7 Å². The molecule has 0 N–H and O–H groups in total. The first-order chi connectivity index (χ1) is 13.5. The third kappa shape index (κ3) is 5.09. The molecule has 138 valence electrons. The predicted octanol–water partition coefficient (Wildman–Crippen LogP) is 6.03. The zero-order chi connectivity index (χ0) is 19.9. The molecule has 0 saturated heterocycles. The molecule has 3 rings (SSSR count). The first-order valence-electron chi connectivity index (χ1n) is 9.24. The van der Waals surface area contributed by atoms with Crippen LogP contribution in [0.3, 0.4) is 0 Å². The second kappa shape index (κ2) is 9.03. The maximum absolute atomic E-state index is 14.3. The number of benzene rings is 3. The molecule has 0 radical (unpaired) electrons. The lowest BCUT2D eigenvalue weighted by Gasteiger charge is -1.98. The van der Waals surface area contributed by atoms with Crippen LogP contribution >= 0.6 is 0 Å². The molecule has 0 unspecified atom stereocenters. The smallest absolute Gasteiger partial charge is 0.140 e. The minimum Gasteiger partial charge on any atom is -0.207 e. The number of hydrogen-bond acceptors (Lipinski definition) is 0. The van der Waals surface area contributed by atoms with Gasteiger partial charge in [-0.2, -0.15) is 0 Å². The Hall–Kier alpha value is -3.36. The van der Waals surface area contributed by atoms with Crippen molar-refractivity contribution in [2.24, 2.45) is 0 Å². The molecule has 0 aromatic heterocycles. The standard InChI is InChI=1S/C26H20F2/c1-3-4-20-7-9-21(10-8-20)13-15-24-16-14-23(18-26(24)28)12-11-22-6-5-19(2)25(27)17-22/h5-10,14,16-18H,3-4H2,1-2H3. The minimum atomic E-state index is -0.419. The van der Waals surface area contributed by atoms with E-state index in [4.69, 9.17) is 0 Å². The Bertz CT molecular complexity index is 1100. The zero-order valence-corrected chi connectivity index (χ0v) is 15.9. The average molecular weight is 370 g/mol. The third-order valence-electron chi connectivity index (χ3n) is 4.33. The highest BCUT2D eigenvalue weighted by atomic mass is 19.1. The molecule has 2 heteroatoms. The van der Waals surface area contributed by atoms with Crippen LogP contribution in [-0.4, -0.2) is 0 Å². The summed E-state index contributed by atoms with van der Waals surface area (Å²) in [6, 6.07) is 17.5. The molecule has 0 bridgehead atoms. The van der Waals surface area contributed by atoms with E-state index in [1.54, 1.807) is 31.2 Å². The van der Waals surface area contributed by atoms with E-state index in [2.05, 4.69) is 42.7 Å². The van der Waals surface area contributed by atoms with E-state index < -0.39 is 5.82 Å². The fourth-order valence-electron chi connectivity index (χ4n) is 2.69. The summed E-state index contributed by atoms with van der Waals surface area (Å²) in [5.41, 5.74) is 4.09. The Morgan fingerprint density at radius 3 is 1.86 bits per heavy atom. The van der Waals surface area contributed by atoms with Gasteiger partial charge in [-0.1, -0.05) is 55.2 Å². The molecule has 3 aromatic rings. The summed E-state index contributed by atoms with van der Waals surface area (Å²) < 4.78 is 27.9. The quantitative estimate of drug-likeness (QED) is 0.484. The van der Waals surface area contributed by atoms with Crippen molar-refractivity contribution in [2.45, 2.75) is 26.7 Å². The maximum Gasteiger partial charge on any atom is 0.140 e. The highest BCUT2D eigenvalue weighted by Gasteiger charge is 2.01. The molecule has 0 aliphatic rings. The summed E-state index contributed by atoms with van der Waals surface area (Å²) in [4.78, 5) is 0. The van der Waals surface area contributed by atoms with Crippen LogP contribution in [0.2, 0.25) is 0 Å². The molecular formula is C26H20F2. The normalized spacial score (nSPS) is 9.86. The first kappa shape index (κ1) is 19.4. The summed E-state index contributed by atoms with van der Waals surface area (Å²) in [7, 11) is 0. The van der Waals surface area contributed by atoms with Gasteiger partial charge >= 0.3 is 0 Å². The van der Waals surface area contributed by atoms with Gasteiger partial charge < -0.3 is 0 Å². The van der Waals surface area contributed by atoms with Crippen molar-refractivity contribution in [3.63, 3.8) is 0 Å². The topological polar surface area (TPSA) is 0 Å². The van der Waals surface area contributed by atoms with Gasteiger partial charge in [0.2, 0.25) is 0 Å². The van der Waals surface area contributed by atoms with E-state index in [1.807, 2.05) is 12.1 Å². The van der Waals surface area contributed by atoms with Crippen molar-refractivity contribution in [3.8, 4) is 23.7 Å². The van der Waals surface area contributed by atoms with Crippen LogP contribution in [0.25, 0.3) is 0 Å². The Morgan fingerprint density at radius 2 is 1.25 bits per heavy atom. The van der Waals surface area contributed by atoms with Crippen LogP contribution in [0.4, 0.5) is 8.78 Å². The van der Waals surface area contributed by atoms with Crippen LogP contribution in [0, 0.1) is 42.2 Å². The molecule has 0 heterocycles. The van der Waals surface area contributed by atoms with Gasteiger partial charge in [0.1, 0.15) is 11.6 Å². The average Bonchev–Trinajstić information content (AvgIpc) is 2.69. The van der Waals surface area contributed by atoms with Crippen molar-refractivity contribution in [1.82, 2.24) is 0 Å². The summed E-state index contributed by atoms with van der Waals surface area (Å²) in [6.45, 7) is 3.84. The van der Waals surface area contributed by atoms with Crippen LogP contribution in [0.5, 0.6) is 0 Å². The Morgan fingerprint density at radius 1 is 0.679 bits per heavy atom. The Labute approximate surface area is 165 Å². The summed E-state index contributed by atoms with van der Waals surface area (Å²) in [6.07, 6.45) is 2.14. The maximum atomic E-state index is 14.3. The molecule has 28 heavy (non-hydrogen) atoms. The highest BCUT2D eigenvalue weighted by Crippen LogP contribution is 2.11. The van der Waals surface area contributed by atoms with Crippen molar-refractivity contribution >= 4 is 0 Å². The lowest BCUT2D eigenvalue weighted by molar-refractivity contribution is 0.618. The second-order valence-electron chi connectivity index (χ2n) is 6.61. The lowest BCUT2D eigenvalue weighted by atomic mass is 10.1. The van der Waals surface area contributed by atoms with Gasteiger partial charge in [0, 0.05) is 16.7 Å². The van der Waals surface area contributed by atoms with Crippen LogP contribution in [0.1, 0.15) is 46.7 Å². The molecule has 0 saturated carbocycles. The van der Waals surface area contributed by atoms with Gasteiger partial charge in [0.05, 0.1) is 5.56 Å². The molecule has 0 aliphatic heterocycles. The van der Waals surface area contributed by atoms with E-state index >= 15 is 0 Å². The van der Waals surface area contributed by atoms with Gasteiger partial charge in [0.15, 0.2) is 0 Å². The van der Waals surface area contributed by atoms with Crippen molar-refractivity contribution < 1.29 is 8.78 Å². The van der Waals surface area contributed by atoms with Gasteiger partial charge in [-0.05, 0) is 66.9 Å². The predicted molar refractivity (Wildman–Crippen MR) is 110 cm³/mol. The summed E-state index contributed by atoms with van der Waals surface area (Å²) >= 11 is 0. The van der Waals surface area contributed by atoms with Gasteiger partial charge in [-0.25, -0.2) is 8.78 Å². The number of hydrogen-bond donors (Lipinski definition) is 0. The van der Waals surface area contributed by atoms with Crippen LogP contribution in [-0.2, 0) is 6.42 Å². The summed E-state index contributed by atoms with van der Waals surface area (Å²) in [5, 5.41) is 0. The van der Waals surface area contributed by atoms with Gasteiger partial charge in [0.25, 0.3) is 0 Å². The molecular weight excluding hydrogens is 350 g/mol. The molecule has 0 fully saturated rings. The summed E-state index contributed by atoms with van der Waals surface area (Å²) in [5.74, 6) is 10.9. The molecule has 0 aliphatic carbocycles. The van der Waals surface area contributed by atoms with Crippen molar-refractivity contribution in [2.75, 3.05) is 0 Å². The minimum absolute atomic E-state index is 0.300. The van der Waals surface area contributed by atoms with Crippen LogP contribution in [0.15, 0.2) is 60.7 Å². The Kier molecular flexibility index (Phi) is 6.25. The van der Waals surface area contributed by atoms with E-state index in [0.717, 1.165) is 18.4 Å². The molecule has 0 spiro atoms. The largest absolute Gasteiger partial charge is 0.207 e. The number of rotatable bonds is 2. The van der Waals surface area contributed by atoms with E-state index in [0.29, 0.717) is 22.3 Å². The van der Waals surface area contributed by atoms with Gasteiger partial charge in [-0.3, -0.25) is 0 Å². The Balaban J connectivity index is 1.76. The van der Waals surface area contributed by atoms with Crippen LogP contribution < -0.4 is 0 Å². The number of halogens is 2. The second-order valence-corrected chi connectivity index (χ2v) is 6.61. The monoisotopic (exact) mass is 370 g/mol. The molecule has 3 aromatic carbocycles. The zero-order valence-electron chi connectivity index (χ0n) is 15.9. The van der Waals surface area contributed by atoms with E-state index in [9.17, 15) is 8.78 Å². The molecule has 0 nitrogen and oxygen atoms in total. The van der Waals surface area contributed by atoms with Gasteiger partial charge in [-0.15, -0.1) is 0 Å². The van der Waals surface area contributed by atoms with Crippen molar-refractivity contribution in [1.29, 1.82) is 0 Å². The number of aryl methyl sites for hydroxylation is 2. The van der Waals surface area contributed by atoms with E-state index in [-0.39, 0.29) is 5.82 Å². The highest BCUT2D eigenvalue weighted by molar-refractivity contribution is 5.49. The lowest BCUT2D eigenvalue weighted by Crippen LogP contribution is -1.87. The fraction of sp³-hybridized carbons (Fsp3) is 0.154. The SMILES string of the molecule is CCCc1ccc(C#Cc2ccc(C#Cc3ccc(C)c(F)c3)cc2F)cc1. The van der Waals surface area contributed by atoms with Crippen molar-refractivity contribution in [3.05, 3.63) is 106 Å². The molecule has 0 amide bonds.